The third-order valence-electron chi connectivity index (χ3n) is 6.45. The molecule has 27 heavy (non-hydrogen) atoms. The van der Waals surface area contributed by atoms with E-state index >= 15 is 0 Å². The zero-order chi connectivity index (χ0) is 19.2. The van der Waals surface area contributed by atoms with E-state index in [4.69, 9.17) is 4.74 Å². The number of nitrogens with zero attached hydrogens (tertiary/aromatic N) is 2. The molecule has 0 spiro atoms. The third kappa shape index (κ3) is 5.03. The largest absolute Gasteiger partial charge is 0.376 e. The Morgan fingerprint density at radius 3 is 2.74 bits per heavy atom. The summed E-state index contributed by atoms with van der Waals surface area (Å²) in [6.07, 6.45) is 9.01. The van der Waals surface area contributed by atoms with E-state index in [1.807, 2.05) is 17.9 Å². The second kappa shape index (κ2) is 9.58. The minimum Gasteiger partial charge on any atom is -0.376 e. The minimum absolute atomic E-state index is 0.0267. The molecule has 2 heterocycles. The van der Waals surface area contributed by atoms with E-state index in [2.05, 4.69) is 29.4 Å². The molecule has 1 aliphatic carbocycles. The smallest absolute Gasteiger partial charge is 0.317 e. The maximum Gasteiger partial charge on any atom is 0.317 e. The maximum atomic E-state index is 12.6. The van der Waals surface area contributed by atoms with Gasteiger partial charge in [-0.25, -0.2) is 4.79 Å². The average molecular weight is 377 g/mol. The number of ether oxygens (including phenoxy) is 1. The molecule has 1 aromatic rings. The molecule has 0 bridgehead atoms. The molecule has 0 unspecified atom stereocenters. The van der Waals surface area contributed by atoms with Crippen molar-refractivity contribution < 1.29 is 9.53 Å². The van der Waals surface area contributed by atoms with Crippen LogP contribution in [0.4, 0.5) is 4.79 Å². The molecule has 1 aliphatic heterocycles. The van der Waals surface area contributed by atoms with Crippen molar-refractivity contribution >= 4 is 6.03 Å². The highest BCUT2D eigenvalue weighted by molar-refractivity contribution is 5.74. The van der Waals surface area contributed by atoms with Gasteiger partial charge in [0.05, 0.1) is 18.8 Å². The van der Waals surface area contributed by atoms with Crippen LogP contribution in [0.15, 0.2) is 12.3 Å². The number of carbonyl (C=O) groups excluding carboxylic acids is 1. The van der Waals surface area contributed by atoms with Crippen LogP contribution in [-0.2, 0) is 4.74 Å². The number of aromatic nitrogens is 2. The molecule has 0 radical (unpaired) electrons. The van der Waals surface area contributed by atoms with Gasteiger partial charge in [0.1, 0.15) is 0 Å². The molecule has 1 saturated carbocycles. The summed E-state index contributed by atoms with van der Waals surface area (Å²) in [5, 5.41) is 10.2. The van der Waals surface area contributed by atoms with Crippen molar-refractivity contribution in [2.24, 2.45) is 11.8 Å². The van der Waals surface area contributed by atoms with Crippen molar-refractivity contribution in [2.75, 3.05) is 19.7 Å². The van der Waals surface area contributed by atoms with Gasteiger partial charge in [-0.1, -0.05) is 13.8 Å². The van der Waals surface area contributed by atoms with Gasteiger partial charge in [0.15, 0.2) is 0 Å². The fraction of sp³-hybridized carbons (Fsp3) is 0.810. The van der Waals surface area contributed by atoms with Crippen LogP contribution >= 0.6 is 0 Å². The summed E-state index contributed by atoms with van der Waals surface area (Å²) in [4.78, 5) is 14.6. The number of nitrogens with one attached hydrogen (secondary N) is 2. The number of rotatable bonds is 6. The second-order valence-corrected chi connectivity index (χ2v) is 8.47. The first kappa shape index (κ1) is 20.2. The number of piperidine rings is 1. The van der Waals surface area contributed by atoms with Gasteiger partial charge in [0.2, 0.25) is 0 Å². The Morgan fingerprint density at radius 2 is 2.11 bits per heavy atom. The van der Waals surface area contributed by atoms with E-state index in [0.717, 1.165) is 49.8 Å². The first-order chi connectivity index (χ1) is 13.1. The zero-order valence-corrected chi connectivity index (χ0v) is 17.1. The number of amides is 2. The summed E-state index contributed by atoms with van der Waals surface area (Å²) in [5.74, 6) is 1.86. The van der Waals surface area contributed by atoms with E-state index in [1.54, 1.807) is 6.20 Å². The standard InChI is InChI=1S/C21H36N4O2/c1-4-22-21(26)25-13-5-6-18(19-11-12-23-24-19)20(25)14-27-17-9-7-16(8-10-17)15(2)3/h11-12,15-18,20H,4-10,13-14H2,1-3H3,(H,22,26)(H,23,24)/t16-,17+,18-,20+/m1/s1. The number of aromatic amines is 1. The number of urea groups is 1. The van der Waals surface area contributed by atoms with Gasteiger partial charge >= 0.3 is 6.03 Å². The van der Waals surface area contributed by atoms with E-state index in [-0.39, 0.29) is 18.0 Å². The molecule has 2 N–H and O–H groups in total. The van der Waals surface area contributed by atoms with E-state index in [0.29, 0.717) is 19.3 Å². The van der Waals surface area contributed by atoms with Gasteiger partial charge in [-0.15, -0.1) is 0 Å². The van der Waals surface area contributed by atoms with Crippen molar-refractivity contribution in [1.82, 2.24) is 20.4 Å². The lowest BCUT2D eigenvalue weighted by molar-refractivity contribution is -0.0238. The number of H-pyrrole nitrogens is 1. The summed E-state index contributed by atoms with van der Waals surface area (Å²) in [6, 6.07) is 2.12. The number of hydrogen-bond acceptors (Lipinski definition) is 3. The van der Waals surface area contributed by atoms with Gasteiger partial charge in [-0.2, -0.15) is 5.10 Å². The molecule has 6 heteroatoms. The minimum atomic E-state index is 0.0267. The summed E-state index contributed by atoms with van der Waals surface area (Å²) in [6.45, 7) is 8.67. The lowest BCUT2D eigenvalue weighted by Crippen LogP contribution is -2.53. The van der Waals surface area contributed by atoms with Crippen molar-refractivity contribution in [1.29, 1.82) is 0 Å². The van der Waals surface area contributed by atoms with E-state index < -0.39 is 0 Å². The van der Waals surface area contributed by atoms with Gasteiger partial charge < -0.3 is 15.0 Å². The molecule has 2 fully saturated rings. The van der Waals surface area contributed by atoms with Crippen LogP contribution in [0.3, 0.4) is 0 Å². The summed E-state index contributed by atoms with van der Waals surface area (Å²) in [5.41, 5.74) is 1.11. The maximum absolute atomic E-state index is 12.6. The summed E-state index contributed by atoms with van der Waals surface area (Å²) < 4.78 is 6.38. The Balaban J connectivity index is 1.64. The predicted molar refractivity (Wildman–Crippen MR) is 107 cm³/mol. The third-order valence-corrected chi connectivity index (χ3v) is 6.45. The van der Waals surface area contributed by atoms with Gasteiger partial charge in [0, 0.05) is 30.9 Å². The highest BCUT2D eigenvalue weighted by Crippen LogP contribution is 2.34. The molecule has 3 rings (SSSR count). The molecular formula is C21H36N4O2. The topological polar surface area (TPSA) is 70.2 Å². The van der Waals surface area contributed by atoms with Crippen molar-refractivity contribution in [2.45, 2.75) is 77.4 Å². The molecule has 152 valence electrons. The quantitative estimate of drug-likeness (QED) is 0.790. The average Bonchev–Trinajstić information content (AvgIpc) is 3.21. The van der Waals surface area contributed by atoms with Crippen molar-refractivity contribution in [3.63, 3.8) is 0 Å². The Labute approximate surface area is 163 Å². The highest BCUT2D eigenvalue weighted by Gasteiger charge is 2.37. The molecule has 2 atom stereocenters. The predicted octanol–water partition coefficient (Wildman–Crippen LogP) is 3.92. The fourth-order valence-electron chi connectivity index (χ4n) is 4.76. The Hall–Kier alpha value is -1.56. The first-order valence-corrected chi connectivity index (χ1v) is 10.8. The fourth-order valence-corrected chi connectivity index (χ4v) is 4.76. The van der Waals surface area contributed by atoms with E-state index in [9.17, 15) is 4.79 Å². The Kier molecular flexibility index (Phi) is 7.16. The van der Waals surface area contributed by atoms with Crippen LogP contribution in [0.1, 0.15) is 70.9 Å². The molecule has 0 aromatic carbocycles. The molecule has 2 aliphatic rings. The zero-order valence-electron chi connectivity index (χ0n) is 17.1. The molecule has 2 amide bonds. The van der Waals surface area contributed by atoms with Crippen molar-refractivity contribution in [3.05, 3.63) is 18.0 Å². The summed E-state index contributed by atoms with van der Waals surface area (Å²) >= 11 is 0. The molecule has 1 saturated heterocycles. The van der Waals surface area contributed by atoms with Crippen LogP contribution in [0.5, 0.6) is 0 Å². The van der Waals surface area contributed by atoms with E-state index in [1.165, 1.54) is 12.8 Å². The molecule has 6 nitrogen and oxygen atoms in total. The monoisotopic (exact) mass is 376 g/mol. The summed E-state index contributed by atoms with van der Waals surface area (Å²) in [7, 11) is 0. The van der Waals surface area contributed by atoms with Crippen LogP contribution in [0.2, 0.25) is 0 Å². The number of carbonyl (C=O) groups is 1. The second-order valence-electron chi connectivity index (χ2n) is 8.47. The Morgan fingerprint density at radius 1 is 1.33 bits per heavy atom. The first-order valence-electron chi connectivity index (χ1n) is 10.8. The van der Waals surface area contributed by atoms with Crippen LogP contribution in [0, 0.1) is 11.8 Å². The lowest BCUT2D eigenvalue weighted by atomic mass is 9.80. The van der Waals surface area contributed by atoms with Crippen LogP contribution in [0.25, 0.3) is 0 Å². The normalized spacial score (nSPS) is 29.1. The lowest BCUT2D eigenvalue weighted by Gasteiger charge is -2.41. The van der Waals surface area contributed by atoms with Gasteiger partial charge in [0.25, 0.3) is 0 Å². The van der Waals surface area contributed by atoms with Crippen molar-refractivity contribution in [3.8, 4) is 0 Å². The van der Waals surface area contributed by atoms with Crippen LogP contribution < -0.4 is 5.32 Å². The van der Waals surface area contributed by atoms with Crippen LogP contribution in [-0.4, -0.2) is 53.0 Å². The Bertz CT molecular complexity index is 567. The molecular weight excluding hydrogens is 340 g/mol. The van der Waals surface area contributed by atoms with Gasteiger partial charge in [-0.05, 0) is 63.4 Å². The number of hydrogen-bond donors (Lipinski definition) is 2. The number of likely N-dealkylation sites (tertiary alicyclic amines) is 1. The SMILES string of the molecule is CCNC(=O)N1CCC[C@H](c2ccn[nH]2)[C@@H]1CO[C@H]1CC[C@@H](C(C)C)CC1. The molecule has 1 aromatic heterocycles. The van der Waals surface area contributed by atoms with Gasteiger partial charge in [-0.3, -0.25) is 5.10 Å². The highest BCUT2D eigenvalue weighted by atomic mass is 16.5.